The molecule has 1 fully saturated rings. The van der Waals surface area contributed by atoms with Gasteiger partial charge in [-0.05, 0) is 28.3 Å². The van der Waals surface area contributed by atoms with E-state index in [1.54, 1.807) is 0 Å². The number of fused-ring (bicyclic) bond motifs is 4. The fraction of sp³-hybridized carbons (Fsp3) is 0.263. The van der Waals surface area contributed by atoms with Crippen LogP contribution in [0.4, 0.5) is 0 Å². The van der Waals surface area contributed by atoms with Crippen molar-refractivity contribution in [3.05, 3.63) is 59.7 Å². The first kappa shape index (κ1) is 12.9. The Morgan fingerprint density at radius 1 is 1.09 bits per heavy atom. The molecule has 0 radical (unpaired) electrons. The summed E-state index contributed by atoms with van der Waals surface area (Å²) >= 11 is 0. The number of aromatic nitrogens is 2. The summed E-state index contributed by atoms with van der Waals surface area (Å²) in [6.07, 6.45) is 1.92. The largest absolute Gasteiger partial charge is 0.854 e. The smallest absolute Gasteiger partial charge is 0.403 e. The molecule has 1 spiro atoms. The van der Waals surface area contributed by atoms with Crippen molar-refractivity contribution in [3.63, 3.8) is 0 Å². The van der Waals surface area contributed by atoms with Gasteiger partial charge in [-0.2, -0.15) is 0 Å². The zero-order valence-electron chi connectivity index (χ0n) is 12.8. The molecule has 1 unspecified atom stereocenters. The third-order valence-corrected chi connectivity index (χ3v) is 5.05. The molecule has 2 aromatic carbocycles. The third-order valence-electron chi connectivity index (χ3n) is 5.05. The summed E-state index contributed by atoms with van der Waals surface area (Å²) in [7, 11) is 0. The summed E-state index contributed by atoms with van der Waals surface area (Å²) < 4.78 is 8.19. The van der Waals surface area contributed by atoms with Gasteiger partial charge in [0.1, 0.15) is 0 Å². The van der Waals surface area contributed by atoms with Crippen LogP contribution in [0.25, 0.3) is 10.8 Å². The number of hydrogen-bond donors (Lipinski definition) is 0. The lowest BCUT2D eigenvalue weighted by atomic mass is 10.00. The fourth-order valence-corrected chi connectivity index (χ4v) is 3.63. The van der Waals surface area contributed by atoms with Gasteiger partial charge in [0.25, 0.3) is 0 Å². The molecule has 1 aliphatic carbocycles. The molecule has 0 N–H and O–H groups in total. The zero-order chi connectivity index (χ0) is 15.6. The standard InChI is InChI=1S/C19H16N2O2/c1-12-6-8-13(9-7-12)16-19(10-11-19)21-18(23-16)15-5-3-2-4-14(15)17(22)20-21/h2-9,16H,10-11H2,1H3. The minimum atomic E-state index is -0.187. The molecule has 4 nitrogen and oxygen atoms in total. The van der Waals surface area contributed by atoms with Gasteiger partial charge in [0.15, 0.2) is 6.10 Å². The molecular formula is C19H16N2O2. The van der Waals surface area contributed by atoms with Crippen LogP contribution in [0.2, 0.25) is 0 Å². The van der Waals surface area contributed by atoms with E-state index in [2.05, 4.69) is 36.3 Å². The van der Waals surface area contributed by atoms with Crippen LogP contribution in [0.15, 0.2) is 48.5 Å². The highest BCUT2D eigenvalue weighted by molar-refractivity contribution is 5.89. The van der Waals surface area contributed by atoms with Gasteiger partial charge in [0, 0.05) is 18.2 Å². The van der Waals surface area contributed by atoms with Crippen molar-refractivity contribution in [1.82, 2.24) is 5.10 Å². The third kappa shape index (κ3) is 1.66. The van der Waals surface area contributed by atoms with Crippen LogP contribution >= 0.6 is 0 Å². The van der Waals surface area contributed by atoms with E-state index in [0.717, 1.165) is 29.7 Å². The van der Waals surface area contributed by atoms with E-state index < -0.39 is 0 Å². The molecule has 4 heteroatoms. The van der Waals surface area contributed by atoms with Crippen molar-refractivity contribution in [2.24, 2.45) is 0 Å². The van der Waals surface area contributed by atoms with E-state index >= 15 is 0 Å². The lowest BCUT2D eigenvalue weighted by molar-refractivity contribution is -0.780. The molecule has 2 heterocycles. The Labute approximate surface area is 134 Å². The van der Waals surface area contributed by atoms with E-state index in [4.69, 9.17) is 4.74 Å². The topological polar surface area (TPSA) is 49.1 Å². The lowest BCUT2D eigenvalue weighted by Crippen LogP contribution is -2.48. The van der Waals surface area contributed by atoms with Crippen molar-refractivity contribution in [3.8, 4) is 11.8 Å². The maximum Gasteiger partial charge on any atom is 0.403 e. The summed E-state index contributed by atoms with van der Waals surface area (Å²) in [5.41, 5.74) is 2.19. The second kappa shape index (κ2) is 4.22. The second-order valence-electron chi connectivity index (χ2n) is 6.58. The Kier molecular flexibility index (Phi) is 2.36. The van der Waals surface area contributed by atoms with E-state index in [0.29, 0.717) is 5.39 Å². The summed E-state index contributed by atoms with van der Waals surface area (Å²) in [5.74, 6) is 0.548. The molecule has 2 aliphatic rings. The van der Waals surface area contributed by atoms with E-state index in [9.17, 15) is 5.11 Å². The molecule has 114 valence electrons. The monoisotopic (exact) mass is 304 g/mol. The van der Waals surface area contributed by atoms with Crippen molar-refractivity contribution < 1.29 is 14.5 Å². The average molecular weight is 304 g/mol. The molecule has 3 aromatic rings. The quantitative estimate of drug-likeness (QED) is 0.649. The van der Waals surface area contributed by atoms with Gasteiger partial charge in [-0.25, -0.2) is 0 Å². The highest BCUT2D eigenvalue weighted by Crippen LogP contribution is 2.55. The van der Waals surface area contributed by atoms with Gasteiger partial charge in [-0.1, -0.05) is 48.0 Å². The van der Waals surface area contributed by atoms with E-state index in [1.165, 1.54) is 5.56 Å². The molecule has 0 amide bonds. The number of aryl methyl sites for hydroxylation is 1. The zero-order valence-corrected chi connectivity index (χ0v) is 12.8. The predicted molar refractivity (Wildman–Crippen MR) is 83.1 cm³/mol. The van der Waals surface area contributed by atoms with Crippen molar-refractivity contribution in [2.45, 2.75) is 31.4 Å². The Balaban J connectivity index is 1.72. The molecule has 1 atom stereocenters. The number of benzene rings is 2. The highest BCUT2D eigenvalue weighted by Gasteiger charge is 2.68. The van der Waals surface area contributed by atoms with Gasteiger partial charge >= 0.3 is 5.88 Å². The molecule has 0 saturated heterocycles. The highest BCUT2D eigenvalue weighted by atomic mass is 16.5. The summed E-state index contributed by atoms with van der Waals surface area (Å²) in [6, 6.07) is 16.0. The number of rotatable bonds is 1. The van der Waals surface area contributed by atoms with Gasteiger partial charge in [0.05, 0.1) is 11.3 Å². The molecule has 1 saturated carbocycles. The van der Waals surface area contributed by atoms with Gasteiger partial charge in [0.2, 0.25) is 5.54 Å². The number of nitrogens with zero attached hydrogens (tertiary/aromatic N) is 2. The molecule has 1 aromatic heterocycles. The number of hydrogen-bond acceptors (Lipinski definition) is 3. The molecular weight excluding hydrogens is 288 g/mol. The first-order valence-corrected chi connectivity index (χ1v) is 7.95. The van der Waals surface area contributed by atoms with Crippen molar-refractivity contribution in [2.75, 3.05) is 0 Å². The Morgan fingerprint density at radius 2 is 1.78 bits per heavy atom. The van der Waals surface area contributed by atoms with Gasteiger partial charge in [-0.3, -0.25) is 0 Å². The van der Waals surface area contributed by atoms with Crippen LogP contribution in [0, 0.1) is 6.92 Å². The summed E-state index contributed by atoms with van der Waals surface area (Å²) in [6.45, 7) is 2.08. The van der Waals surface area contributed by atoms with Crippen LogP contribution < -0.4 is 14.5 Å². The maximum atomic E-state index is 12.4. The Bertz CT molecular complexity index is 930. The van der Waals surface area contributed by atoms with E-state index in [-0.39, 0.29) is 17.5 Å². The van der Waals surface area contributed by atoms with Crippen LogP contribution in [-0.4, -0.2) is 5.10 Å². The predicted octanol–water partition coefficient (Wildman–Crippen LogP) is 2.53. The van der Waals surface area contributed by atoms with Crippen LogP contribution in [0.5, 0.6) is 11.8 Å². The average Bonchev–Trinajstić information content (AvgIpc) is 3.30. The number of ether oxygens (including phenoxy) is 1. The normalized spacial score (nSPS) is 20.5. The van der Waals surface area contributed by atoms with Crippen LogP contribution in [-0.2, 0) is 5.54 Å². The van der Waals surface area contributed by atoms with E-state index in [1.807, 2.05) is 28.9 Å². The van der Waals surface area contributed by atoms with Crippen molar-refractivity contribution in [1.29, 1.82) is 0 Å². The Hall–Kier alpha value is -2.62. The lowest BCUT2D eigenvalue weighted by Gasteiger charge is -2.12. The summed E-state index contributed by atoms with van der Waals surface area (Å²) in [4.78, 5) is 0. The van der Waals surface area contributed by atoms with Crippen LogP contribution in [0.3, 0.4) is 0 Å². The first-order valence-electron chi connectivity index (χ1n) is 7.95. The molecule has 1 aliphatic heterocycles. The van der Waals surface area contributed by atoms with Gasteiger partial charge in [-0.15, -0.1) is 0 Å². The van der Waals surface area contributed by atoms with Gasteiger partial charge < -0.3 is 9.84 Å². The SMILES string of the molecule is Cc1ccc(C2Oc3c4ccccc4c([O-])n[n+]3C23CC3)cc1. The second-order valence-corrected chi connectivity index (χ2v) is 6.58. The van der Waals surface area contributed by atoms with Crippen molar-refractivity contribution >= 4 is 10.8 Å². The maximum absolute atomic E-state index is 12.4. The molecule has 5 rings (SSSR count). The molecule has 0 bridgehead atoms. The minimum Gasteiger partial charge on any atom is -0.854 e. The van der Waals surface area contributed by atoms with Crippen LogP contribution in [0.1, 0.15) is 30.1 Å². The first-order chi connectivity index (χ1) is 11.2. The summed E-state index contributed by atoms with van der Waals surface area (Å²) in [5, 5.41) is 18.2. The fourth-order valence-electron chi connectivity index (χ4n) is 3.63. The molecule has 23 heavy (non-hydrogen) atoms. The minimum absolute atomic E-state index is 0.0687. The Morgan fingerprint density at radius 3 is 2.48 bits per heavy atom.